The molecule has 0 spiro atoms. The highest BCUT2D eigenvalue weighted by molar-refractivity contribution is 8.00. The first-order valence-electron chi connectivity index (χ1n) is 7.29. The summed E-state index contributed by atoms with van der Waals surface area (Å²) in [5.41, 5.74) is -0.540. The van der Waals surface area contributed by atoms with Crippen molar-refractivity contribution in [1.29, 1.82) is 0 Å². The average molecular weight is 396 g/mol. The number of carboxylic acid groups (broad SMARTS) is 1. The van der Waals surface area contributed by atoms with Crippen LogP contribution in [0, 0.1) is 0 Å². The van der Waals surface area contributed by atoms with E-state index < -0.39 is 23.1 Å². The smallest absolute Gasteiger partial charge is 0.433 e. The van der Waals surface area contributed by atoms with Crippen LogP contribution in [0.3, 0.4) is 0 Å². The van der Waals surface area contributed by atoms with Crippen LogP contribution in [0.25, 0.3) is 10.6 Å². The van der Waals surface area contributed by atoms with Crippen LogP contribution in [-0.2, 0) is 11.0 Å². The van der Waals surface area contributed by atoms with Gasteiger partial charge in [0.05, 0.1) is 10.6 Å². The van der Waals surface area contributed by atoms with Crippen LogP contribution in [0.15, 0.2) is 59.1 Å². The Morgan fingerprint density at radius 2 is 1.85 bits per heavy atom. The van der Waals surface area contributed by atoms with Crippen molar-refractivity contribution in [3.63, 3.8) is 0 Å². The van der Waals surface area contributed by atoms with Crippen molar-refractivity contribution in [2.24, 2.45) is 0 Å². The Bertz CT molecular complexity index is 900. The second kappa shape index (κ2) is 7.46. The second-order valence-electron chi connectivity index (χ2n) is 5.14. The van der Waals surface area contributed by atoms with Gasteiger partial charge in [0.25, 0.3) is 0 Å². The highest BCUT2D eigenvalue weighted by atomic mass is 32.2. The fourth-order valence-electron chi connectivity index (χ4n) is 2.17. The summed E-state index contributed by atoms with van der Waals surface area (Å²) in [5.74, 6) is -1.18. The number of carboxylic acids is 1. The molecule has 0 aliphatic heterocycles. The summed E-state index contributed by atoms with van der Waals surface area (Å²) < 4.78 is 39.6. The zero-order chi connectivity index (χ0) is 18.7. The van der Waals surface area contributed by atoms with Crippen molar-refractivity contribution >= 4 is 29.1 Å². The van der Waals surface area contributed by atoms with Crippen LogP contribution in [-0.4, -0.2) is 21.0 Å². The molecule has 0 fully saturated rings. The van der Waals surface area contributed by atoms with Crippen molar-refractivity contribution in [3.8, 4) is 10.6 Å². The molecule has 2 heterocycles. The molecule has 26 heavy (non-hydrogen) atoms. The Hall–Kier alpha value is -2.39. The molecule has 1 N–H and O–H groups in total. The second-order valence-corrected chi connectivity index (χ2v) is 7.16. The van der Waals surface area contributed by atoms with Crippen molar-refractivity contribution in [2.75, 3.05) is 0 Å². The molecule has 0 bridgehead atoms. The summed E-state index contributed by atoms with van der Waals surface area (Å²) in [4.78, 5) is 19.8. The maximum absolute atomic E-state index is 13.2. The molecule has 0 saturated heterocycles. The number of thiophene rings is 1. The molecule has 1 aromatic carbocycles. The zero-order valence-corrected chi connectivity index (χ0v) is 14.6. The Morgan fingerprint density at radius 3 is 2.42 bits per heavy atom. The lowest BCUT2D eigenvalue weighted by atomic mass is 10.1. The minimum Gasteiger partial charge on any atom is -0.480 e. The highest BCUT2D eigenvalue weighted by Crippen LogP contribution is 2.37. The molecule has 1 atom stereocenters. The number of hydrogen-bond donors (Lipinski definition) is 1. The predicted molar refractivity (Wildman–Crippen MR) is 93.0 cm³/mol. The van der Waals surface area contributed by atoms with E-state index in [2.05, 4.69) is 9.97 Å². The van der Waals surface area contributed by atoms with E-state index in [0.29, 0.717) is 22.2 Å². The largest absolute Gasteiger partial charge is 0.480 e. The molecule has 4 nitrogen and oxygen atoms in total. The quantitative estimate of drug-likeness (QED) is 0.478. The summed E-state index contributed by atoms with van der Waals surface area (Å²) >= 11 is 1.92. The lowest BCUT2D eigenvalue weighted by molar-refractivity contribution is -0.141. The number of aromatic nitrogens is 2. The molecule has 3 rings (SSSR count). The van der Waals surface area contributed by atoms with Gasteiger partial charge in [-0.05, 0) is 23.1 Å². The fraction of sp³-hybridized carbons (Fsp3) is 0.118. The van der Waals surface area contributed by atoms with Crippen LogP contribution < -0.4 is 0 Å². The number of halogens is 3. The first-order valence-corrected chi connectivity index (χ1v) is 9.05. The van der Waals surface area contributed by atoms with Crippen molar-refractivity contribution < 1.29 is 23.1 Å². The molecular formula is C17H11F3N2O2S2. The minimum absolute atomic E-state index is 0.113. The van der Waals surface area contributed by atoms with Crippen LogP contribution in [0.5, 0.6) is 0 Å². The van der Waals surface area contributed by atoms with Gasteiger partial charge in [0.1, 0.15) is 10.9 Å². The molecule has 0 radical (unpaired) electrons. The molecule has 0 unspecified atom stereocenters. The lowest BCUT2D eigenvalue weighted by Gasteiger charge is -2.14. The van der Waals surface area contributed by atoms with Gasteiger partial charge in [-0.2, -0.15) is 13.2 Å². The van der Waals surface area contributed by atoms with E-state index >= 15 is 0 Å². The van der Waals surface area contributed by atoms with E-state index in [-0.39, 0.29) is 10.9 Å². The number of alkyl halides is 3. The van der Waals surface area contributed by atoms with Gasteiger partial charge >= 0.3 is 12.1 Å². The third-order valence-corrected chi connectivity index (χ3v) is 5.31. The standard InChI is InChI=1S/C17H11F3N2O2S2/c18-17(19,20)13-9-11(12-7-4-8-25-12)21-16(22-13)26-14(15(23)24)10-5-2-1-3-6-10/h1-9,14H,(H,23,24)/t14-/m1/s1. The Morgan fingerprint density at radius 1 is 1.12 bits per heavy atom. The summed E-state index contributed by atoms with van der Waals surface area (Å²) in [6.07, 6.45) is -4.66. The summed E-state index contributed by atoms with van der Waals surface area (Å²) in [7, 11) is 0. The first-order chi connectivity index (χ1) is 12.3. The van der Waals surface area contributed by atoms with Gasteiger partial charge in [0, 0.05) is 0 Å². The maximum Gasteiger partial charge on any atom is 0.433 e. The fourth-order valence-corrected chi connectivity index (χ4v) is 3.76. The molecule has 0 saturated carbocycles. The molecule has 3 aromatic rings. The van der Waals surface area contributed by atoms with E-state index in [1.807, 2.05) is 0 Å². The SMILES string of the molecule is O=C(O)[C@H](Sc1nc(-c2cccs2)cc(C(F)(F)F)n1)c1ccccc1. The van der Waals surface area contributed by atoms with Crippen LogP contribution in [0.2, 0.25) is 0 Å². The first kappa shape index (κ1) is 18.4. The molecule has 9 heteroatoms. The van der Waals surface area contributed by atoms with Gasteiger partial charge in [-0.25, -0.2) is 9.97 Å². The highest BCUT2D eigenvalue weighted by Gasteiger charge is 2.34. The average Bonchev–Trinajstić information content (AvgIpc) is 3.14. The third-order valence-electron chi connectivity index (χ3n) is 3.32. The van der Waals surface area contributed by atoms with Gasteiger partial charge in [-0.15, -0.1) is 11.3 Å². The van der Waals surface area contributed by atoms with E-state index in [9.17, 15) is 23.1 Å². The van der Waals surface area contributed by atoms with Gasteiger partial charge < -0.3 is 5.11 Å². The Kier molecular flexibility index (Phi) is 5.28. The summed E-state index contributed by atoms with van der Waals surface area (Å²) in [6, 6.07) is 12.5. The van der Waals surface area contributed by atoms with E-state index in [0.717, 1.165) is 6.07 Å². The Labute approximate surface area is 154 Å². The number of carbonyl (C=O) groups is 1. The molecule has 134 valence electrons. The summed E-state index contributed by atoms with van der Waals surface area (Å²) in [6.45, 7) is 0. The van der Waals surface area contributed by atoms with E-state index in [1.165, 1.54) is 11.3 Å². The van der Waals surface area contributed by atoms with Gasteiger partial charge in [-0.1, -0.05) is 48.2 Å². The van der Waals surface area contributed by atoms with E-state index in [4.69, 9.17) is 0 Å². The molecule has 2 aromatic heterocycles. The normalized spacial score (nSPS) is 12.7. The molecule has 0 aliphatic carbocycles. The molecular weight excluding hydrogens is 385 g/mol. The maximum atomic E-state index is 13.2. The van der Waals surface area contributed by atoms with Crippen molar-refractivity contribution in [2.45, 2.75) is 16.6 Å². The monoisotopic (exact) mass is 396 g/mol. The Balaban J connectivity index is 2.03. The number of benzene rings is 1. The van der Waals surface area contributed by atoms with Crippen LogP contribution in [0.4, 0.5) is 13.2 Å². The molecule has 0 amide bonds. The van der Waals surface area contributed by atoms with Crippen LogP contribution >= 0.6 is 23.1 Å². The molecule has 0 aliphatic rings. The summed E-state index contributed by atoms with van der Waals surface area (Å²) in [5, 5.41) is 9.85. The number of rotatable bonds is 5. The van der Waals surface area contributed by atoms with Gasteiger partial charge in [-0.3, -0.25) is 4.79 Å². The zero-order valence-electron chi connectivity index (χ0n) is 13.0. The van der Waals surface area contributed by atoms with Gasteiger partial charge in [0.2, 0.25) is 0 Å². The lowest BCUT2D eigenvalue weighted by Crippen LogP contribution is -2.12. The number of thioether (sulfide) groups is 1. The minimum atomic E-state index is -4.66. The number of aliphatic carboxylic acids is 1. The van der Waals surface area contributed by atoms with Crippen molar-refractivity contribution in [3.05, 3.63) is 65.2 Å². The number of nitrogens with zero attached hydrogens (tertiary/aromatic N) is 2. The van der Waals surface area contributed by atoms with E-state index in [1.54, 1.807) is 47.8 Å². The van der Waals surface area contributed by atoms with Crippen LogP contribution in [0.1, 0.15) is 16.5 Å². The predicted octanol–water partition coefficient (Wildman–Crippen LogP) is 5.14. The van der Waals surface area contributed by atoms with Crippen molar-refractivity contribution in [1.82, 2.24) is 9.97 Å². The van der Waals surface area contributed by atoms with Gasteiger partial charge in [0.15, 0.2) is 5.16 Å². The third kappa shape index (κ3) is 4.23. The topological polar surface area (TPSA) is 63.1 Å². The number of hydrogen-bond acceptors (Lipinski definition) is 5.